The van der Waals surface area contributed by atoms with E-state index in [0.717, 1.165) is 32.1 Å². The first-order valence-corrected chi connectivity index (χ1v) is 11.8. The van der Waals surface area contributed by atoms with Crippen LogP contribution in [0.5, 0.6) is 11.5 Å². The van der Waals surface area contributed by atoms with Crippen molar-refractivity contribution in [3.05, 3.63) is 93.6 Å². The molecule has 0 saturated carbocycles. The van der Waals surface area contributed by atoms with Gasteiger partial charge < -0.3 is 24.9 Å². The Bertz CT molecular complexity index is 1300. The van der Waals surface area contributed by atoms with E-state index in [1.807, 2.05) is 67.7 Å². The van der Waals surface area contributed by atoms with Crippen molar-refractivity contribution in [3.8, 4) is 11.5 Å². The second kappa shape index (κ2) is 10.8. The second-order valence-electron chi connectivity index (χ2n) is 8.22. The summed E-state index contributed by atoms with van der Waals surface area (Å²) >= 11 is 3.59. The molecule has 0 spiro atoms. The van der Waals surface area contributed by atoms with Gasteiger partial charge in [-0.15, -0.1) is 0 Å². The summed E-state index contributed by atoms with van der Waals surface area (Å²) in [7, 11) is 1.59. The summed E-state index contributed by atoms with van der Waals surface area (Å²) in [6, 6.07) is 19.1. The number of para-hydroxylation sites is 1. The molecule has 0 radical (unpaired) electrons. The van der Waals surface area contributed by atoms with Gasteiger partial charge in [-0.2, -0.15) is 0 Å². The van der Waals surface area contributed by atoms with Crippen molar-refractivity contribution < 1.29 is 19.4 Å². The third-order valence-corrected chi connectivity index (χ3v) is 6.29. The largest absolute Gasteiger partial charge is 0.493 e. The maximum Gasteiger partial charge on any atom is 0.321 e. The lowest BCUT2D eigenvalue weighted by Crippen LogP contribution is -2.38. The summed E-state index contributed by atoms with van der Waals surface area (Å²) in [6.45, 7) is 2.83. The van der Waals surface area contributed by atoms with Crippen LogP contribution in [-0.2, 0) is 24.4 Å². The van der Waals surface area contributed by atoms with Crippen LogP contribution >= 0.6 is 15.9 Å². The average molecular weight is 523 g/mol. The Labute approximate surface area is 207 Å². The number of carboxylic acids is 1. The lowest BCUT2D eigenvalue weighted by molar-refractivity contribution is -0.139. The maximum absolute atomic E-state index is 11.9. The number of rotatable bonds is 10. The van der Waals surface area contributed by atoms with E-state index in [0.29, 0.717) is 31.1 Å². The SMILES string of the molecule is COc1cc(CN[C@@H](Cc2c[nH]c3ccccc23)C(=O)O)cc(Br)c1OCc1cccc(C)c1. The monoisotopic (exact) mass is 522 g/mol. The van der Waals surface area contributed by atoms with Crippen molar-refractivity contribution in [2.24, 2.45) is 0 Å². The van der Waals surface area contributed by atoms with Crippen LogP contribution < -0.4 is 14.8 Å². The number of carbonyl (C=O) groups is 1. The smallest absolute Gasteiger partial charge is 0.321 e. The number of nitrogens with one attached hydrogen (secondary N) is 2. The number of aromatic amines is 1. The molecule has 0 amide bonds. The Balaban J connectivity index is 1.45. The molecule has 0 aliphatic heterocycles. The molecule has 3 aromatic carbocycles. The molecule has 4 rings (SSSR count). The average Bonchev–Trinajstić information content (AvgIpc) is 3.23. The number of hydrogen-bond donors (Lipinski definition) is 3. The van der Waals surface area contributed by atoms with Crippen LogP contribution in [0.1, 0.15) is 22.3 Å². The standard InChI is InChI=1S/C27H27BrN2O4/c1-17-6-5-7-18(10-17)16-34-26-22(28)11-19(12-25(26)33-2)14-29-24(27(31)32)13-20-15-30-23-9-4-3-8-21(20)23/h3-12,15,24,29-30H,13-14,16H2,1-2H3,(H,31,32)/t24-/m0/s1. The highest BCUT2D eigenvalue weighted by atomic mass is 79.9. The summed E-state index contributed by atoms with van der Waals surface area (Å²) in [5.74, 6) is 0.304. The summed E-state index contributed by atoms with van der Waals surface area (Å²) in [5, 5.41) is 14.0. The third-order valence-electron chi connectivity index (χ3n) is 5.70. The van der Waals surface area contributed by atoms with Gasteiger partial charge in [0.1, 0.15) is 12.6 Å². The first-order valence-electron chi connectivity index (χ1n) is 11.0. The minimum atomic E-state index is -0.894. The lowest BCUT2D eigenvalue weighted by Gasteiger charge is -2.17. The van der Waals surface area contributed by atoms with Gasteiger partial charge in [0, 0.05) is 30.1 Å². The summed E-state index contributed by atoms with van der Waals surface area (Å²) in [4.78, 5) is 15.1. The Morgan fingerprint density at radius 1 is 1.12 bits per heavy atom. The van der Waals surface area contributed by atoms with E-state index in [-0.39, 0.29) is 0 Å². The minimum absolute atomic E-state index is 0.368. The molecule has 176 valence electrons. The Hall–Kier alpha value is -3.29. The topological polar surface area (TPSA) is 83.6 Å². The summed E-state index contributed by atoms with van der Waals surface area (Å²) in [6.07, 6.45) is 2.25. The van der Waals surface area contributed by atoms with Crippen molar-refractivity contribution in [2.45, 2.75) is 32.5 Å². The molecule has 1 atom stereocenters. The summed E-state index contributed by atoms with van der Waals surface area (Å²) < 4.78 is 12.4. The maximum atomic E-state index is 11.9. The Morgan fingerprint density at radius 3 is 2.71 bits per heavy atom. The zero-order valence-corrected chi connectivity index (χ0v) is 20.7. The number of ether oxygens (including phenoxy) is 2. The molecule has 3 N–H and O–H groups in total. The number of benzene rings is 3. The number of hydrogen-bond acceptors (Lipinski definition) is 4. The first-order chi connectivity index (χ1) is 16.4. The fourth-order valence-electron chi connectivity index (χ4n) is 3.98. The molecule has 0 saturated heterocycles. The normalized spacial score (nSPS) is 12.0. The van der Waals surface area contributed by atoms with Crippen LogP contribution in [0.25, 0.3) is 10.9 Å². The number of carboxylic acid groups (broad SMARTS) is 1. The van der Waals surface area contributed by atoms with Gasteiger partial charge in [-0.3, -0.25) is 4.79 Å². The molecule has 0 aliphatic rings. The van der Waals surface area contributed by atoms with Gasteiger partial charge in [0.05, 0.1) is 11.6 Å². The van der Waals surface area contributed by atoms with E-state index < -0.39 is 12.0 Å². The number of aromatic nitrogens is 1. The van der Waals surface area contributed by atoms with Crippen molar-refractivity contribution in [2.75, 3.05) is 7.11 Å². The van der Waals surface area contributed by atoms with E-state index in [1.165, 1.54) is 5.56 Å². The fraction of sp³-hybridized carbons (Fsp3) is 0.222. The zero-order chi connectivity index (χ0) is 24.1. The molecule has 0 unspecified atom stereocenters. The van der Waals surface area contributed by atoms with Gasteiger partial charge in [0.25, 0.3) is 0 Å². The van der Waals surface area contributed by atoms with Crippen LogP contribution in [-0.4, -0.2) is 29.2 Å². The van der Waals surface area contributed by atoms with Crippen molar-refractivity contribution >= 4 is 32.8 Å². The van der Waals surface area contributed by atoms with Crippen LogP contribution in [0.15, 0.2) is 71.3 Å². The highest BCUT2D eigenvalue weighted by Gasteiger charge is 2.20. The van der Waals surface area contributed by atoms with Gasteiger partial charge in [-0.05, 0) is 57.7 Å². The van der Waals surface area contributed by atoms with E-state index in [1.54, 1.807) is 7.11 Å². The van der Waals surface area contributed by atoms with Gasteiger partial charge >= 0.3 is 5.97 Å². The van der Waals surface area contributed by atoms with Crippen LogP contribution in [0.4, 0.5) is 0 Å². The van der Waals surface area contributed by atoms with Gasteiger partial charge in [-0.25, -0.2) is 0 Å². The quantitative estimate of drug-likeness (QED) is 0.252. The van der Waals surface area contributed by atoms with Crippen molar-refractivity contribution in [1.82, 2.24) is 10.3 Å². The van der Waals surface area contributed by atoms with E-state index in [2.05, 4.69) is 32.3 Å². The number of methoxy groups -OCH3 is 1. The minimum Gasteiger partial charge on any atom is -0.493 e. The molecule has 1 aromatic heterocycles. The van der Waals surface area contributed by atoms with E-state index in [9.17, 15) is 9.90 Å². The van der Waals surface area contributed by atoms with Crippen molar-refractivity contribution in [1.29, 1.82) is 0 Å². The highest BCUT2D eigenvalue weighted by molar-refractivity contribution is 9.10. The molecule has 6 nitrogen and oxygen atoms in total. The van der Waals surface area contributed by atoms with E-state index in [4.69, 9.17) is 9.47 Å². The third kappa shape index (κ3) is 5.61. The zero-order valence-electron chi connectivity index (χ0n) is 19.1. The molecule has 7 heteroatoms. The van der Waals surface area contributed by atoms with E-state index >= 15 is 0 Å². The van der Waals surface area contributed by atoms with Gasteiger partial charge in [-0.1, -0.05) is 48.0 Å². The molecule has 4 aromatic rings. The predicted octanol–water partition coefficient (Wildman–Crippen LogP) is 5.61. The number of fused-ring (bicyclic) bond motifs is 1. The molecule has 1 heterocycles. The van der Waals surface area contributed by atoms with Crippen LogP contribution in [0.2, 0.25) is 0 Å². The second-order valence-corrected chi connectivity index (χ2v) is 9.08. The summed E-state index contributed by atoms with van der Waals surface area (Å²) in [5.41, 5.74) is 5.10. The van der Waals surface area contributed by atoms with Gasteiger partial charge in [0.2, 0.25) is 0 Å². The Morgan fingerprint density at radius 2 is 1.94 bits per heavy atom. The van der Waals surface area contributed by atoms with Crippen molar-refractivity contribution in [3.63, 3.8) is 0 Å². The number of aliphatic carboxylic acids is 1. The molecular formula is C27H27BrN2O4. The molecule has 0 fully saturated rings. The molecular weight excluding hydrogens is 496 g/mol. The molecule has 0 aliphatic carbocycles. The highest BCUT2D eigenvalue weighted by Crippen LogP contribution is 2.37. The van der Waals surface area contributed by atoms with Gasteiger partial charge in [0.15, 0.2) is 11.5 Å². The Kier molecular flexibility index (Phi) is 7.55. The predicted molar refractivity (Wildman–Crippen MR) is 136 cm³/mol. The molecule has 0 bridgehead atoms. The fourth-order valence-corrected chi connectivity index (χ4v) is 4.58. The number of H-pyrrole nitrogens is 1. The number of halogens is 1. The van der Waals surface area contributed by atoms with Crippen LogP contribution in [0.3, 0.4) is 0 Å². The molecule has 34 heavy (non-hydrogen) atoms. The van der Waals surface area contributed by atoms with Crippen LogP contribution in [0, 0.1) is 6.92 Å². The lowest BCUT2D eigenvalue weighted by atomic mass is 10.0. The first kappa shape index (κ1) is 23.9. The number of aryl methyl sites for hydroxylation is 1.